The predicted molar refractivity (Wildman–Crippen MR) is 261 cm³/mol. The van der Waals surface area contributed by atoms with Crippen LogP contribution in [0.25, 0.3) is 55.6 Å². The first-order chi connectivity index (χ1) is 31.1. The van der Waals surface area contributed by atoms with E-state index >= 15 is 0 Å². The van der Waals surface area contributed by atoms with Gasteiger partial charge in [-0.2, -0.15) is 0 Å². The molecule has 0 unspecified atom stereocenters. The van der Waals surface area contributed by atoms with Crippen LogP contribution in [0.3, 0.4) is 0 Å². The van der Waals surface area contributed by atoms with E-state index in [9.17, 15) is 1.37 Å². The lowest BCUT2D eigenvalue weighted by Crippen LogP contribution is -2.37. The SMILES string of the molecule is [2H]C1(c2ccc3c(c2-c2cccc(-c4c(-c5ccccc5)cc(-c5ccccc5)cc4-c4ccccc4)c2)Sc2ccccc2C32c3ccccc3Sc3ccccc32)CCCC1. The lowest BCUT2D eigenvalue weighted by Gasteiger charge is -2.46. The van der Waals surface area contributed by atoms with Gasteiger partial charge in [-0.1, -0.05) is 212 Å². The Balaban J connectivity index is 1.16. The van der Waals surface area contributed by atoms with Gasteiger partial charge in [-0.15, -0.1) is 0 Å². The second-order valence-corrected chi connectivity index (χ2v) is 18.9. The van der Waals surface area contributed by atoms with E-state index in [1.54, 1.807) is 0 Å². The number of fused-ring (bicyclic) bond motifs is 8. The third kappa shape index (κ3) is 6.07. The van der Waals surface area contributed by atoms with Crippen molar-refractivity contribution in [1.29, 1.82) is 0 Å². The standard InChI is InChI=1S/C60H44S2/c1-4-19-40(20-5-1)46-38-48(42-21-6-2-7-22-42)57(49(39-46)43-23-8-3-9-24-43)44-27-18-28-45(37-44)58-47(41-25-10-11-26-41)35-36-53-59(58)62-56-34-17-14-31-52(56)60(53)50-29-12-15-32-54(50)61-55-33-16-13-30-51(55)60/h1-9,12-24,27-39,41H,10-11,25-26H2/i41D. The summed E-state index contributed by atoms with van der Waals surface area (Å²) >= 11 is 3.79. The highest BCUT2D eigenvalue weighted by Gasteiger charge is 2.49. The fourth-order valence-corrected chi connectivity index (χ4v) is 13.2. The molecule has 0 aromatic heterocycles. The molecule has 0 bridgehead atoms. The molecule has 0 N–H and O–H groups in total. The number of hydrogen-bond acceptors (Lipinski definition) is 2. The van der Waals surface area contributed by atoms with Crippen molar-refractivity contribution in [1.82, 2.24) is 0 Å². The van der Waals surface area contributed by atoms with E-state index in [0.29, 0.717) is 0 Å². The van der Waals surface area contributed by atoms with Gasteiger partial charge < -0.3 is 0 Å². The molecule has 0 atom stereocenters. The lowest BCUT2D eigenvalue weighted by molar-refractivity contribution is 0.662. The normalized spacial score (nSPS) is 15.5. The minimum absolute atomic E-state index is 0.528. The summed E-state index contributed by atoms with van der Waals surface area (Å²) in [5, 5.41) is 0. The number of rotatable bonds is 6. The van der Waals surface area contributed by atoms with Gasteiger partial charge in [0.2, 0.25) is 0 Å². The van der Waals surface area contributed by atoms with Crippen molar-refractivity contribution < 1.29 is 1.37 Å². The summed E-state index contributed by atoms with van der Waals surface area (Å²) < 4.78 is 10.2. The Bertz CT molecular complexity index is 3060. The Morgan fingerprint density at radius 1 is 0.371 bits per heavy atom. The fourth-order valence-electron chi connectivity index (χ4n) is 10.6. The van der Waals surface area contributed by atoms with E-state index in [4.69, 9.17) is 0 Å². The molecule has 2 heterocycles. The quantitative estimate of drug-likeness (QED) is 0.164. The first-order valence-electron chi connectivity index (χ1n) is 22.4. The maximum absolute atomic E-state index is 10.2. The molecule has 12 rings (SSSR count). The van der Waals surface area contributed by atoms with Gasteiger partial charge in [0.25, 0.3) is 0 Å². The van der Waals surface area contributed by atoms with Crippen molar-refractivity contribution in [3.05, 3.63) is 240 Å². The van der Waals surface area contributed by atoms with Gasteiger partial charge in [0, 0.05) is 21.0 Å². The zero-order valence-corrected chi connectivity index (χ0v) is 36.0. The van der Waals surface area contributed by atoms with Crippen LogP contribution in [0.2, 0.25) is 0 Å². The molecule has 1 fully saturated rings. The first kappa shape index (κ1) is 36.3. The average molecular weight is 830 g/mol. The third-order valence-corrected chi connectivity index (χ3v) is 15.7. The Morgan fingerprint density at radius 3 is 1.37 bits per heavy atom. The molecule has 2 aliphatic heterocycles. The van der Waals surface area contributed by atoms with Crippen molar-refractivity contribution in [2.75, 3.05) is 0 Å². The smallest absolute Gasteiger partial charge is 0.0745 e. The van der Waals surface area contributed by atoms with Crippen molar-refractivity contribution in [3.8, 4) is 55.6 Å². The maximum Gasteiger partial charge on any atom is 0.0745 e. The summed E-state index contributed by atoms with van der Waals surface area (Å²) in [5.41, 5.74) is 17.8. The molecule has 296 valence electrons. The molecule has 9 aromatic carbocycles. The lowest BCUT2D eigenvalue weighted by atomic mass is 9.63. The van der Waals surface area contributed by atoms with Crippen LogP contribution in [0.15, 0.2) is 232 Å². The first-order valence-corrected chi connectivity index (χ1v) is 23.5. The highest BCUT2D eigenvalue weighted by atomic mass is 32.2. The summed E-state index contributed by atoms with van der Waals surface area (Å²) in [4.78, 5) is 5.13. The number of hydrogen-bond donors (Lipinski definition) is 0. The molecule has 3 aliphatic rings. The topological polar surface area (TPSA) is 0 Å². The Hall–Kier alpha value is -6.32. The van der Waals surface area contributed by atoms with Crippen LogP contribution in [0.4, 0.5) is 0 Å². The van der Waals surface area contributed by atoms with E-state index in [1.807, 2.05) is 23.5 Å². The average Bonchev–Trinajstić information content (AvgIpc) is 3.81. The Morgan fingerprint density at radius 2 is 0.823 bits per heavy atom. The zero-order valence-electron chi connectivity index (χ0n) is 35.4. The summed E-state index contributed by atoms with van der Waals surface area (Å²) in [6, 6.07) is 78.6. The summed E-state index contributed by atoms with van der Waals surface area (Å²) in [6.07, 6.45) is 3.88. The molecule has 1 spiro atoms. The van der Waals surface area contributed by atoms with Crippen LogP contribution >= 0.6 is 23.5 Å². The van der Waals surface area contributed by atoms with Crippen LogP contribution in [0, 0.1) is 0 Å². The van der Waals surface area contributed by atoms with Crippen molar-refractivity contribution in [3.63, 3.8) is 0 Å². The Kier molecular flexibility index (Phi) is 9.11. The fraction of sp³-hybridized carbons (Fsp3) is 0.100. The highest BCUT2D eigenvalue weighted by Crippen LogP contribution is 2.63. The molecule has 1 aliphatic carbocycles. The van der Waals surface area contributed by atoms with Crippen molar-refractivity contribution in [2.24, 2.45) is 0 Å². The summed E-state index contributed by atoms with van der Waals surface area (Å²) in [7, 11) is 0. The van der Waals surface area contributed by atoms with E-state index in [-0.39, 0.29) is 0 Å². The van der Waals surface area contributed by atoms with Crippen LogP contribution in [-0.2, 0) is 5.41 Å². The van der Waals surface area contributed by atoms with E-state index in [1.165, 1.54) is 91.9 Å². The van der Waals surface area contributed by atoms with Gasteiger partial charge in [0.15, 0.2) is 0 Å². The monoisotopic (exact) mass is 829 g/mol. The van der Waals surface area contributed by atoms with Crippen LogP contribution in [-0.4, -0.2) is 0 Å². The van der Waals surface area contributed by atoms with Gasteiger partial charge in [0.05, 0.1) is 5.41 Å². The van der Waals surface area contributed by atoms with Gasteiger partial charge in [-0.25, -0.2) is 0 Å². The molecule has 2 heteroatoms. The van der Waals surface area contributed by atoms with Gasteiger partial charge in [-0.3, -0.25) is 0 Å². The minimum atomic E-state index is -0.676. The molecular formula is C60H44S2. The van der Waals surface area contributed by atoms with Gasteiger partial charge >= 0.3 is 0 Å². The van der Waals surface area contributed by atoms with Crippen molar-refractivity contribution >= 4 is 23.5 Å². The molecular weight excluding hydrogens is 785 g/mol. The molecule has 0 saturated heterocycles. The molecule has 0 amide bonds. The predicted octanol–water partition coefficient (Wildman–Crippen LogP) is 17.0. The molecule has 0 radical (unpaired) electrons. The van der Waals surface area contributed by atoms with Crippen LogP contribution < -0.4 is 0 Å². The highest BCUT2D eigenvalue weighted by molar-refractivity contribution is 8.00. The second-order valence-electron chi connectivity index (χ2n) is 16.7. The maximum atomic E-state index is 10.2. The van der Waals surface area contributed by atoms with E-state index in [0.717, 1.165) is 36.8 Å². The minimum Gasteiger partial charge on any atom is -0.0894 e. The summed E-state index contributed by atoms with van der Waals surface area (Å²) in [6.45, 7) is 0. The molecule has 0 nitrogen and oxygen atoms in total. The Labute approximate surface area is 375 Å². The molecule has 62 heavy (non-hydrogen) atoms. The van der Waals surface area contributed by atoms with Crippen LogP contribution in [0.5, 0.6) is 0 Å². The summed E-state index contributed by atoms with van der Waals surface area (Å²) in [5.74, 6) is -0.676. The van der Waals surface area contributed by atoms with Crippen LogP contribution in [0.1, 0.15) is 60.8 Å². The number of benzene rings is 9. The second kappa shape index (κ2) is 15.5. The zero-order chi connectivity index (χ0) is 42.0. The third-order valence-electron chi connectivity index (χ3n) is 13.3. The van der Waals surface area contributed by atoms with Gasteiger partial charge in [-0.05, 0) is 139 Å². The van der Waals surface area contributed by atoms with E-state index < -0.39 is 11.3 Å². The largest absolute Gasteiger partial charge is 0.0894 e. The van der Waals surface area contributed by atoms with Crippen molar-refractivity contribution in [2.45, 2.75) is 56.6 Å². The van der Waals surface area contributed by atoms with E-state index in [2.05, 4.69) is 212 Å². The molecule has 1 saturated carbocycles. The molecule has 9 aromatic rings. The van der Waals surface area contributed by atoms with Gasteiger partial charge in [0.1, 0.15) is 0 Å².